The van der Waals surface area contributed by atoms with Crippen molar-refractivity contribution in [3.8, 4) is 5.75 Å². The van der Waals surface area contributed by atoms with Crippen molar-refractivity contribution in [2.45, 2.75) is 52.0 Å². The van der Waals surface area contributed by atoms with E-state index in [0.717, 1.165) is 17.9 Å². The number of para-hydroxylation sites is 1. The van der Waals surface area contributed by atoms with Gasteiger partial charge in [-0.05, 0) is 91.8 Å². The molecule has 1 heterocycles. The van der Waals surface area contributed by atoms with Crippen LogP contribution in [0.2, 0.25) is 0 Å². The van der Waals surface area contributed by atoms with Crippen molar-refractivity contribution in [2.24, 2.45) is 39.6 Å². The summed E-state index contributed by atoms with van der Waals surface area (Å²) in [4.78, 5) is 12.2. The quantitative estimate of drug-likeness (QED) is 0.457. The summed E-state index contributed by atoms with van der Waals surface area (Å²) in [6, 6.07) is 19.5. The molecule has 4 nitrogen and oxygen atoms in total. The first-order chi connectivity index (χ1) is 17.9. The van der Waals surface area contributed by atoms with Crippen molar-refractivity contribution >= 4 is 17.2 Å². The predicted molar refractivity (Wildman–Crippen MR) is 148 cm³/mol. The van der Waals surface area contributed by atoms with Crippen LogP contribution in [-0.4, -0.2) is 18.6 Å². The number of hydrogen-bond donors (Lipinski definition) is 0. The van der Waals surface area contributed by atoms with Crippen molar-refractivity contribution in [1.29, 1.82) is 0 Å². The predicted octanol–water partition coefficient (Wildman–Crippen LogP) is 7.15. The highest BCUT2D eigenvalue weighted by Gasteiger charge is 2.63. The Kier molecular flexibility index (Phi) is 5.09. The highest BCUT2D eigenvalue weighted by atomic mass is 16.5. The summed E-state index contributed by atoms with van der Waals surface area (Å²) in [6.07, 6.45) is 11.8. The Hall–Kier alpha value is -3.14. The number of anilines is 1. The van der Waals surface area contributed by atoms with Gasteiger partial charge in [0.25, 0.3) is 0 Å². The Morgan fingerprint density at radius 2 is 1.78 bits per heavy atom. The first-order valence-corrected chi connectivity index (χ1v) is 13.9. The molecule has 2 aromatic rings. The Balaban J connectivity index is 1.28. The van der Waals surface area contributed by atoms with Gasteiger partial charge in [0.15, 0.2) is 5.78 Å². The maximum Gasteiger partial charge on any atom is 0.178 e. The molecule has 3 saturated carbocycles. The summed E-state index contributed by atoms with van der Waals surface area (Å²) >= 11 is 0. The molecule has 0 bridgehead atoms. The van der Waals surface area contributed by atoms with Crippen LogP contribution in [0.1, 0.15) is 57.6 Å². The molecule has 190 valence electrons. The molecular weight excluding hydrogens is 456 g/mol. The van der Waals surface area contributed by atoms with Gasteiger partial charge in [0.1, 0.15) is 5.75 Å². The van der Waals surface area contributed by atoms with Crippen LogP contribution in [0.25, 0.3) is 0 Å². The second-order valence-electron chi connectivity index (χ2n) is 12.3. The standard InChI is InChI=1S/C33H36N2O2/c1-32-17-15-24(36)19-22(32)11-14-26-28(32)16-18-33(2)29(26)20-27-30(21-9-12-25(37-3)13-10-21)35(34-31(27)33)23-7-5-4-6-8-23/h4-10,12-13,15,17,19,26-30H,11,14,16,18,20H2,1-3H3/t26-,27-,28+,29+,30-,32+,33+/m1/s1. The zero-order valence-corrected chi connectivity index (χ0v) is 22.1. The number of nitrogens with zero attached hydrogens (tertiary/aromatic N) is 2. The summed E-state index contributed by atoms with van der Waals surface area (Å²) in [6.45, 7) is 4.91. The fourth-order valence-electron chi connectivity index (χ4n) is 8.87. The molecule has 0 radical (unpaired) electrons. The van der Waals surface area contributed by atoms with E-state index in [2.05, 4.69) is 79.5 Å². The normalized spacial score (nSPS) is 37.8. The third-order valence-electron chi connectivity index (χ3n) is 10.7. The summed E-state index contributed by atoms with van der Waals surface area (Å²) in [5.41, 5.74) is 5.42. The van der Waals surface area contributed by atoms with Crippen molar-refractivity contribution in [1.82, 2.24) is 0 Å². The number of fused-ring (bicyclic) bond motifs is 7. The van der Waals surface area contributed by atoms with Gasteiger partial charge in [0.05, 0.1) is 24.6 Å². The molecule has 2 aromatic carbocycles. The van der Waals surface area contributed by atoms with E-state index in [1.165, 1.54) is 42.5 Å². The van der Waals surface area contributed by atoms with Crippen LogP contribution >= 0.6 is 0 Å². The van der Waals surface area contributed by atoms with Crippen LogP contribution in [0, 0.1) is 34.5 Å². The Labute approximate surface area is 220 Å². The van der Waals surface area contributed by atoms with Crippen LogP contribution in [0.3, 0.4) is 0 Å². The highest BCUT2D eigenvalue weighted by Crippen LogP contribution is 2.67. The lowest BCUT2D eigenvalue weighted by Crippen LogP contribution is -2.49. The summed E-state index contributed by atoms with van der Waals surface area (Å²) in [5, 5.41) is 7.77. The molecule has 5 aliphatic rings. The minimum absolute atomic E-state index is 0.0309. The summed E-state index contributed by atoms with van der Waals surface area (Å²) < 4.78 is 5.47. The molecule has 0 saturated heterocycles. The van der Waals surface area contributed by atoms with E-state index in [1.54, 1.807) is 7.11 Å². The maximum atomic E-state index is 12.2. The van der Waals surface area contributed by atoms with Crippen molar-refractivity contribution < 1.29 is 9.53 Å². The first kappa shape index (κ1) is 23.0. The molecule has 4 aliphatic carbocycles. The van der Waals surface area contributed by atoms with Crippen molar-refractivity contribution in [3.63, 3.8) is 0 Å². The minimum Gasteiger partial charge on any atom is -0.497 e. The van der Waals surface area contributed by atoms with Crippen molar-refractivity contribution in [3.05, 3.63) is 84.0 Å². The number of allylic oxidation sites excluding steroid dienone is 4. The molecule has 0 spiro atoms. The molecule has 7 rings (SSSR count). The number of hydrazone groups is 1. The van der Waals surface area contributed by atoms with E-state index >= 15 is 0 Å². The van der Waals surface area contributed by atoms with Crippen LogP contribution in [0.5, 0.6) is 5.75 Å². The van der Waals surface area contributed by atoms with Gasteiger partial charge in [0, 0.05) is 16.7 Å². The maximum absolute atomic E-state index is 12.2. The number of ketones is 1. The van der Waals surface area contributed by atoms with Crippen LogP contribution in [0.15, 0.2) is 83.5 Å². The van der Waals surface area contributed by atoms with E-state index in [4.69, 9.17) is 9.84 Å². The molecule has 3 fully saturated rings. The fraction of sp³-hybridized carbons (Fsp3) is 0.455. The topological polar surface area (TPSA) is 41.9 Å². The van der Waals surface area contributed by atoms with Crippen LogP contribution < -0.4 is 9.75 Å². The molecule has 1 aliphatic heterocycles. The minimum atomic E-state index is 0.0309. The second kappa shape index (κ2) is 8.18. The third kappa shape index (κ3) is 3.27. The lowest BCUT2D eigenvalue weighted by atomic mass is 9.48. The molecule has 0 aromatic heterocycles. The molecule has 0 N–H and O–H groups in total. The van der Waals surface area contributed by atoms with Crippen LogP contribution in [-0.2, 0) is 4.79 Å². The number of methoxy groups -OCH3 is 1. The molecule has 4 heteroatoms. The second-order valence-corrected chi connectivity index (χ2v) is 12.3. The van der Waals surface area contributed by atoms with Gasteiger partial charge in [-0.2, -0.15) is 5.10 Å². The molecule has 37 heavy (non-hydrogen) atoms. The average molecular weight is 493 g/mol. The van der Waals surface area contributed by atoms with Gasteiger partial charge in [-0.15, -0.1) is 0 Å². The monoisotopic (exact) mass is 492 g/mol. The number of ether oxygens (including phenoxy) is 1. The molecular formula is C33H36N2O2. The zero-order chi connectivity index (χ0) is 25.4. The van der Waals surface area contributed by atoms with Gasteiger partial charge in [0.2, 0.25) is 0 Å². The Morgan fingerprint density at radius 1 is 1.00 bits per heavy atom. The lowest BCUT2D eigenvalue weighted by Gasteiger charge is -2.56. The zero-order valence-electron chi connectivity index (χ0n) is 22.1. The summed E-state index contributed by atoms with van der Waals surface area (Å²) in [7, 11) is 1.73. The fourth-order valence-corrected chi connectivity index (χ4v) is 8.87. The summed E-state index contributed by atoms with van der Waals surface area (Å²) in [5.74, 6) is 3.39. The smallest absolute Gasteiger partial charge is 0.178 e. The van der Waals surface area contributed by atoms with E-state index in [1.807, 2.05) is 12.2 Å². The van der Waals surface area contributed by atoms with Crippen molar-refractivity contribution in [2.75, 3.05) is 12.1 Å². The number of hydrogen-bond acceptors (Lipinski definition) is 4. The van der Waals surface area contributed by atoms with Gasteiger partial charge < -0.3 is 4.74 Å². The Bertz CT molecular complexity index is 1330. The number of benzene rings is 2. The van der Waals surface area contributed by atoms with E-state index in [9.17, 15) is 4.79 Å². The van der Waals surface area contributed by atoms with Gasteiger partial charge in [-0.25, -0.2) is 0 Å². The van der Waals surface area contributed by atoms with E-state index in [0.29, 0.717) is 23.7 Å². The van der Waals surface area contributed by atoms with E-state index < -0.39 is 0 Å². The number of rotatable bonds is 3. The SMILES string of the molecule is COc1ccc([C@@H]2[C@H]3C[C@H]4[C@@H]5CCC6=CC(=O)C=C[C@]6(C)[C@H]5CC[C@]4(C)C3=NN2c2ccccc2)cc1. The Morgan fingerprint density at radius 3 is 2.54 bits per heavy atom. The van der Waals surface area contributed by atoms with Gasteiger partial charge in [-0.3, -0.25) is 9.80 Å². The van der Waals surface area contributed by atoms with Crippen LogP contribution in [0.4, 0.5) is 5.69 Å². The number of carbonyl (C=O) groups is 1. The number of carbonyl (C=O) groups excluding carboxylic acids is 1. The van der Waals surface area contributed by atoms with E-state index in [-0.39, 0.29) is 22.7 Å². The first-order valence-electron chi connectivity index (χ1n) is 13.9. The largest absolute Gasteiger partial charge is 0.497 e. The third-order valence-corrected chi connectivity index (χ3v) is 10.7. The average Bonchev–Trinajstić information content (AvgIpc) is 3.44. The lowest BCUT2D eigenvalue weighted by molar-refractivity contribution is -0.111. The van der Waals surface area contributed by atoms with Gasteiger partial charge in [-0.1, -0.05) is 55.8 Å². The molecule has 0 unspecified atom stereocenters. The molecule has 0 amide bonds. The van der Waals surface area contributed by atoms with Gasteiger partial charge >= 0.3 is 0 Å². The highest BCUT2D eigenvalue weighted by molar-refractivity contribution is 6.01. The molecule has 7 atom stereocenters.